The minimum Gasteiger partial charge on any atom is -0.463 e. The van der Waals surface area contributed by atoms with Crippen LogP contribution in [-0.4, -0.2) is 74.9 Å². The van der Waals surface area contributed by atoms with Gasteiger partial charge >= 0.3 is 5.97 Å². The number of carbonyl (C=O) groups is 1. The molecule has 0 radical (unpaired) electrons. The van der Waals surface area contributed by atoms with Crippen molar-refractivity contribution in [1.82, 2.24) is 0 Å². The van der Waals surface area contributed by atoms with E-state index in [-0.39, 0.29) is 12.2 Å². The number of hydrogen-bond acceptors (Lipinski definition) is 11. The minimum absolute atomic E-state index is 0.00857. The van der Waals surface area contributed by atoms with Crippen molar-refractivity contribution in [3.63, 3.8) is 0 Å². The number of esters is 1. The largest absolute Gasteiger partial charge is 0.463 e. The molecular formula is C12H20O11S3. The summed E-state index contributed by atoms with van der Waals surface area (Å²) in [6.07, 6.45) is -2.11. The number of carbonyl (C=O) groups excluding carboxylic acids is 1. The normalized spacial score (nSPS) is 24.8. The molecule has 0 bridgehead atoms. The first-order valence-corrected chi connectivity index (χ1v) is 12.6. The number of ether oxygens (including phenoxy) is 1. The zero-order chi connectivity index (χ0) is 20.3. The summed E-state index contributed by atoms with van der Waals surface area (Å²) in [5.74, 6) is -0.852. The van der Waals surface area contributed by atoms with Crippen LogP contribution in [0.4, 0.5) is 0 Å². The second-order valence-electron chi connectivity index (χ2n) is 5.49. The molecule has 0 heterocycles. The van der Waals surface area contributed by atoms with Crippen LogP contribution in [0.25, 0.3) is 0 Å². The van der Waals surface area contributed by atoms with Crippen LogP contribution in [0.5, 0.6) is 0 Å². The Bertz CT molecular complexity index is 867. The van der Waals surface area contributed by atoms with Crippen LogP contribution in [-0.2, 0) is 52.4 Å². The average Bonchev–Trinajstić information content (AvgIpc) is 2.37. The van der Waals surface area contributed by atoms with Crippen molar-refractivity contribution in [3.8, 4) is 0 Å². The average molecular weight is 436 g/mol. The van der Waals surface area contributed by atoms with E-state index in [0.717, 1.165) is 6.08 Å². The van der Waals surface area contributed by atoms with Gasteiger partial charge in [-0.15, -0.1) is 0 Å². The lowest BCUT2D eigenvalue weighted by molar-refractivity contribution is -0.139. The first kappa shape index (κ1) is 23.0. The fourth-order valence-corrected chi connectivity index (χ4v) is 4.03. The molecule has 14 heteroatoms. The lowest BCUT2D eigenvalue weighted by atomic mass is 9.92. The molecule has 152 valence electrons. The number of hydrogen-bond donors (Lipinski definition) is 0. The highest BCUT2D eigenvalue weighted by molar-refractivity contribution is 7.86. The van der Waals surface area contributed by atoms with Crippen molar-refractivity contribution in [3.05, 3.63) is 11.6 Å². The quantitative estimate of drug-likeness (QED) is 0.336. The second-order valence-corrected chi connectivity index (χ2v) is 10.3. The van der Waals surface area contributed by atoms with Crippen LogP contribution in [0.3, 0.4) is 0 Å². The third-order valence-corrected chi connectivity index (χ3v) is 4.62. The van der Waals surface area contributed by atoms with E-state index in [1.165, 1.54) is 6.92 Å². The summed E-state index contributed by atoms with van der Waals surface area (Å²) in [4.78, 5) is 12.0. The lowest BCUT2D eigenvalue weighted by Gasteiger charge is -2.33. The van der Waals surface area contributed by atoms with Crippen molar-refractivity contribution in [2.45, 2.75) is 31.7 Å². The Morgan fingerprint density at radius 2 is 1.46 bits per heavy atom. The molecule has 0 saturated carbocycles. The fourth-order valence-electron chi connectivity index (χ4n) is 2.20. The van der Waals surface area contributed by atoms with Crippen LogP contribution in [0.2, 0.25) is 0 Å². The molecule has 0 aliphatic heterocycles. The third-order valence-electron chi connectivity index (χ3n) is 2.88. The summed E-state index contributed by atoms with van der Waals surface area (Å²) in [6.45, 7) is 1.54. The highest BCUT2D eigenvalue weighted by Gasteiger charge is 2.43. The van der Waals surface area contributed by atoms with E-state index in [4.69, 9.17) is 17.3 Å². The fraction of sp³-hybridized carbons (Fsp3) is 0.750. The predicted octanol–water partition coefficient (Wildman–Crippen LogP) is -1.09. The Kier molecular flexibility index (Phi) is 7.34. The molecule has 1 aliphatic carbocycles. The molecule has 0 fully saturated rings. The van der Waals surface area contributed by atoms with E-state index in [1.807, 2.05) is 0 Å². The van der Waals surface area contributed by atoms with Gasteiger partial charge in [-0.2, -0.15) is 25.3 Å². The molecule has 11 nitrogen and oxygen atoms in total. The monoisotopic (exact) mass is 436 g/mol. The summed E-state index contributed by atoms with van der Waals surface area (Å²) < 4.78 is 88.0. The molecule has 0 aromatic carbocycles. The molecule has 0 aromatic rings. The highest BCUT2D eigenvalue weighted by Crippen LogP contribution is 2.30. The minimum atomic E-state index is -4.14. The van der Waals surface area contributed by atoms with Crippen molar-refractivity contribution in [2.24, 2.45) is 0 Å². The van der Waals surface area contributed by atoms with E-state index < -0.39 is 61.1 Å². The molecule has 0 spiro atoms. The van der Waals surface area contributed by atoms with Gasteiger partial charge in [0.25, 0.3) is 30.4 Å². The summed E-state index contributed by atoms with van der Waals surface area (Å²) in [6, 6.07) is 0. The Morgan fingerprint density at radius 3 is 1.88 bits per heavy atom. The van der Waals surface area contributed by atoms with Gasteiger partial charge in [-0.05, 0) is 13.0 Å². The molecule has 3 unspecified atom stereocenters. The second kappa shape index (κ2) is 8.31. The van der Waals surface area contributed by atoms with Crippen LogP contribution in [0.1, 0.15) is 13.3 Å². The highest BCUT2D eigenvalue weighted by atomic mass is 32.2. The van der Waals surface area contributed by atoms with Gasteiger partial charge < -0.3 is 4.74 Å². The first-order chi connectivity index (χ1) is 11.6. The summed E-state index contributed by atoms with van der Waals surface area (Å²) >= 11 is 0. The van der Waals surface area contributed by atoms with E-state index in [2.05, 4.69) is 0 Å². The molecule has 1 rings (SSSR count). The standard InChI is InChI=1S/C12H20O11S3/c1-5-20-12(13)8-6-9(21-24(2,14)15)11(23-26(4,18)19)10(7-8)22-25(3,16)17/h6,9-11H,5,7H2,1-4H3. The van der Waals surface area contributed by atoms with Crippen molar-refractivity contribution in [1.29, 1.82) is 0 Å². The van der Waals surface area contributed by atoms with Gasteiger partial charge in [-0.1, -0.05) is 0 Å². The lowest BCUT2D eigenvalue weighted by Crippen LogP contribution is -2.48. The topological polar surface area (TPSA) is 156 Å². The van der Waals surface area contributed by atoms with Crippen LogP contribution in [0.15, 0.2) is 11.6 Å². The van der Waals surface area contributed by atoms with Crippen molar-refractivity contribution >= 4 is 36.3 Å². The van der Waals surface area contributed by atoms with Gasteiger partial charge in [-0.3, -0.25) is 12.5 Å². The number of rotatable bonds is 8. The molecule has 0 N–H and O–H groups in total. The van der Waals surface area contributed by atoms with E-state index in [1.54, 1.807) is 0 Å². The van der Waals surface area contributed by atoms with Gasteiger partial charge in [0.1, 0.15) is 18.3 Å². The zero-order valence-electron chi connectivity index (χ0n) is 14.4. The Hall–Kier alpha value is -1.06. The maximum atomic E-state index is 12.0. The van der Waals surface area contributed by atoms with Gasteiger partial charge in [0, 0.05) is 12.0 Å². The molecule has 0 amide bonds. The smallest absolute Gasteiger partial charge is 0.333 e. The maximum absolute atomic E-state index is 12.0. The van der Waals surface area contributed by atoms with Crippen LogP contribution >= 0.6 is 0 Å². The Balaban J connectivity index is 3.41. The Morgan fingerprint density at radius 1 is 0.962 bits per heavy atom. The summed E-state index contributed by atoms with van der Waals surface area (Å²) in [5, 5.41) is 0. The Labute approximate surface area is 152 Å². The molecule has 0 saturated heterocycles. The molecule has 0 aromatic heterocycles. The summed E-state index contributed by atoms with van der Waals surface area (Å²) in [5.41, 5.74) is -0.137. The maximum Gasteiger partial charge on any atom is 0.333 e. The van der Waals surface area contributed by atoms with E-state index >= 15 is 0 Å². The molecular weight excluding hydrogens is 416 g/mol. The SMILES string of the molecule is CCOC(=O)C1=CC(OS(C)(=O)=O)C(OS(C)(=O)=O)C(OS(C)(=O)=O)C1. The predicted molar refractivity (Wildman–Crippen MR) is 88.5 cm³/mol. The zero-order valence-corrected chi connectivity index (χ0v) is 16.9. The van der Waals surface area contributed by atoms with Gasteiger partial charge in [-0.25, -0.2) is 4.79 Å². The van der Waals surface area contributed by atoms with Crippen LogP contribution in [0, 0.1) is 0 Å². The molecule has 1 aliphatic rings. The van der Waals surface area contributed by atoms with Gasteiger partial charge in [0.15, 0.2) is 0 Å². The van der Waals surface area contributed by atoms with E-state index in [0.29, 0.717) is 18.8 Å². The van der Waals surface area contributed by atoms with Crippen molar-refractivity contribution < 1.29 is 47.3 Å². The van der Waals surface area contributed by atoms with Crippen LogP contribution < -0.4 is 0 Å². The molecule has 26 heavy (non-hydrogen) atoms. The van der Waals surface area contributed by atoms with Gasteiger partial charge in [0.2, 0.25) is 0 Å². The van der Waals surface area contributed by atoms with Crippen molar-refractivity contribution in [2.75, 3.05) is 25.4 Å². The summed E-state index contributed by atoms with van der Waals surface area (Å²) in [7, 11) is -12.4. The van der Waals surface area contributed by atoms with E-state index in [9.17, 15) is 30.0 Å². The first-order valence-electron chi connectivity index (χ1n) is 7.14. The third kappa shape index (κ3) is 8.09. The molecule has 3 atom stereocenters. The van der Waals surface area contributed by atoms with Gasteiger partial charge in [0.05, 0.1) is 25.4 Å².